The van der Waals surface area contributed by atoms with E-state index in [9.17, 15) is 9.90 Å². The number of pyridine rings is 1. The van der Waals surface area contributed by atoms with Gasteiger partial charge in [-0.15, -0.1) is 0 Å². The summed E-state index contributed by atoms with van der Waals surface area (Å²) in [6.45, 7) is 8.82. The summed E-state index contributed by atoms with van der Waals surface area (Å²) >= 11 is 0. The van der Waals surface area contributed by atoms with Gasteiger partial charge in [0.15, 0.2) is 0 Å². The van der Waals surface area contributed by atoms with Crippen LogP contribution in [0, 0.1) is 18.3 Å². The number of aliphatic hydroxyl groups excluding tert-OH is 1. The molecule has 2 aromatic rings. The molecule has 0 bridgehead atoms. The molecule has 2 N–H and O–H groups in total. The second kappa shape index (κ2) is 8.80. The number of amides is 1. The first-order chi connectivity index (χ1) is 16.9. The van der Waals surface area contributed by atoms with Crippen molar-refractivity contribution in [2.75, 3.05) is 44.8 Å². The minimum atomic E-state index is -0.417. The van der Waals surface area contributed by atoms with Crippen molar-refractivity contribution < 1.29 is 19.4 Å². The maximum Gasteiger partial charge on any atom is 0.229 e. The number of carbonyl (C=O) groups excluding carboxylic acids is 1. The Bertz CT molecular complexity index is 1120. The number of piperidine rings is 1. The van der Waals surface area contributed by atoms with E-state index in [-0.39, 0.29) is 22.8 Å². The van der Waals surface area contributed by atoms with E-state index >= 15 is 0 Å². The number of aryl methyl sites for hydroxylation is 1. The molecule has 3 aliphatic heterocycles. The summed E-state index contributed by atoms with van der Waals surface area (Å²) in [6, 6.07) is 6.55. The molecule has 4 aliphatic rings. The lowest BCUT2D eigenvalue weighted by molar-refractivity contribution is -0.118. The van der Waals surface area contributed by atoms with Crippen molar-refractivity contribution in [3.05, 3.63) is 35.5 Å². The van der Waals surface area contributed by atoms with Crippen LogP contribution in [0.15, 0.2) is 24.4 Å². The standard InChI is InChI=1S/C28H37N3O4/c1-18-11-21-15-29-25(30-26(33)23-14-28(23)5-9-34-10-6-28)13-20(21)12-22(18)19-3-7-31(8-4-19)27(2)17-35-16-24(27)32/h11-13,15,19,23-24,32H,3-10,14,16-17H2,1-2H3,(H,29,30,33)/t23-,24-,27+/m0/s1. The highest BCUT2D eigenvalue weighted by Gasteiger charge is 2.58. The fourth-order valence-electron chi connectivity index (χ4n) is 6.75. The van der Waals surface area contributed by atoms with Crippen molar-refractivity contribution >= 4 is 22.5 Å². The van der Waals surface area contributed by atoms with E-state index in [1.165, 1.54) is 11.1 Å². The van der Waals surface area contributed by atoms with Crippen LogP contribution in [0.4, 0.5) is 5.82 Å². The summed E-state index contributed by atoms with van der Waals surface area (Å²) in [7, 11) is 0. The first-order valence-electron chi connectivity index (χ1n) is 13.2. The van der Waals surface area contributed by atoms with Crippen molar-refractivity contribution in [3.63, 3.8) is 0 Å². The summed E-state index contributed by atoms with van der Waals surface area (Å²) in [5, 5.41) is 15.8. The maximum absolute atomic E-state index is 12.9. The lowest BCUT2D eigenvalue weighted by atomic mass is 9.83. The molecule has 1 aromatic heterocycles. The third-order valence-electron chi connectivity index (χ3n) is 9.40. The molecule has 7 heteroatoms. The molecule has 1 aromatic carbocycles. The van der Waals surface area contributed by atoms with Gasteiger partial charge in [-0.25, -0.2) is 4.98 Å². The first kappa shape index (κ1) is 23.3. The number of aromatic nitrogens is 1. The molecule has 3 atom stereocenters. The van der Waals surface area contributed by atoms with Gasteiger partial charge in [0, 0.05) is 30.7 Å². The molecule has 188 valence electrons. The molecular weight excluding hydrogens is 442 g/mol. The molecule has 4 fully saturated rings. The van der Waals surface area contributed by atoms with E-state index in [2.05, 4.69) is 41.2 Å². The van der Waals surface area contributed by atoms with Crippen molar-refractivity contribution in [3.8, 4) is 0 Å². The van der Waals surface area contributed by atoms with Crippen LogP contribution < -0.4 is 5.32 Å². The Morgan fingerprint density at radius 1 is 1.14 bits per heavy atom. The highest BCUT2D eigenvalue weighted by Crippen LogP contribution is 2.59. The summed E-state index contributed by atoms with van der Waals surface area (Å²) in [4.78, 5) is 19.9. The van der Waals surface area contributed by atoms with Gasteiger partial charge in [-0.1, -0.05) is 6.07 Å². The lowest BCUT2D eigenvalue weighted by Crippen LogP contribution is -2.56. The van der Waals surface area contributed by atoms with Crippen molar-refractivity contribution in [2.45, 2.75) is 63.5 Å². The monoisotopic (exact) mass is 479 g/mol. The molecule has 7 nitrogen and oxygen atoms in total. The van der Waals surface area contributed by atoms with Crippen LogP contribution in [0.3, 0.4) is 0 Å². The zero-order chi connectivity index (χ0) is 24.2. The highest BCUT2D eigenvalue weighted by atomic mass is 16.5. The maximum atomic E-state index is 12.9. The predicted octanol–water partition coefficient (Wildman–Crippen LogP) is 3.63. The Labute approximate surface area is 207 Å². The SMILES string of the molecule is Cc1cc2cnc(NC(=O)[C@@H]3CC34CCOCC4)cc2cc1C1CCN([C@]2(C)COC[C@@H]2O)CC1. The summed E-state index contributed by atoms with van der Waals surface area (Å²) < 4.78 is 11.0. The molecule has 1 aliphatic carbocycles. The minimum absolute atomic E-state index is 0.0910. The molecule has 6 rings (SSSR count). The number of hydrogen-bond donors (Lipinski definition) is 2. The van der Waals surface area contributed by atoms with Gasteiger partial charge in [0.25, 0.3) is 0 Å². The number of carbonyl (C=O) groups is 1. The second-order valence-electron chi connectivity index (χ2n) is 11.5. The summed E-state index contributed by atoms with van der Waals surface area (Å²) in [5.41, 5.74) is 2.57. The number of likely N-dealkylation sites (tertiary alicyclic amines) is 1. The van der Waals surface area contributed by atoms with E-state index in [0.717, 1.165) is 69.2 Å². The van der Waals surface area contributed by atoms with Crippen LogP contribution in [-0.4, -0.2) is 72.1 Å². The molecule has 3 saturated heterocycles. The van der Waals surface area contributed by atoms with Gasteiger partial charge in [-0.3, -0.25) is 9.69 Å². The van der Waals surface area contributed by atoms with Gasteiger partial charge in [0.1, 0.15) is 5.82 Å². The van der Waals surface area contributed by atoms with Crippen LogP contribution >= 0.6 is 0 Å². The van der Waals surface area contributed by atoms with Crippen molar-refractivity contribution in [2.24, 2.45) is 11.3 Å². The molecule has 0 radical (unpaired) electrons. The third-order valence-corrected chi connectivity index (χ3v) is 9.40. The number of nitrogens with one attached hydrogen (secondary N) is 1. The van der Waals surface area contributed by atoms with Gasteiger partial charge in [0.2, 0.25) is 5.91 Å². The molecular formula is C28H37N3O4. The Morgan fingerprint density at radius 2 is 1.91 bits per heavy atom. The fraction of sp³-hybridized carbons (Fsp3) is 0.643. The van der Waals surface area contributed by atoms with Crippen molar-refractivity contribution in [1.29, 1.82) is 0 Å². The van der Waals surface area contributed by atoms with Crippen LogP contribution in [0.2, 0.25) is 0 Å². The Balaban J connectivity index is 1.15. The first-order valence-corrected chi connectivity index (χ1v) is 13.2. The van der Waals surface area contributed by atoms with E-state index in [1.807, 2.05) is 12.3 Å². The van der Waals surface area contributed by atoms with Crippen LogP contribution in [0.5, 0.6) is 0 Å². The van der Waals surface area contributed by atoms with E-state index in [0.29, 0.717) is 24.9 Å². The number of nitrogens with zero attached hydrogens (tertiary/aromatic N) is 2. The normalized spacial score (nSPS) is 31.2. The lowest BCUT2D eigenvalue weighted by Gasteiger charge is -2.44. The van der Waals surface area contributed by atoms with E-state index in [4.69, 9.17) is 9.47 Å². The average Bonchev–Trinajstić information content (AvgIpc) is 3.44. The largest absolute Gasteiger partial charge is 0.389 e. The molecule has 1 saturated carbocycles. The molecule has 0 unspecified atom stereocenters. The van der Waals surface area contributed by atoms with Crippen LogP contribution in [0.1, 0.15) is 56.1 Å². The van der Waals surface area contributed by atoms with Crippen LogP contribution in [-0.2, 0) is 14.3 Å². The quantitative estimate of drug-likeness (QED) is 0.697. The molecule has 4 heterocycles. The van der Waals surface area contributed by atoms with Crippen LogP contribution in [0.25, 0.3) is 10.8 Å². The third kappa shape index (κ3) is 4.16. The number of hydrogen-bond acceptors (Lipinski definition) is 6. The molecule has 1 amide bonds. The Kier molecular flexibility index (Phi) is 5.87. The number of benzene rings is 1. The zero-order valence-corrected chi connectivity index (χ0v) is 20.9. The van der Waals surface area contributed by atoms with Gasteiger partial charge >= 0.3 is 0 Å². The number of rotatable bonds is 4. The molecule has 35 heavy (non-hydrogen) atoms. The van der Waals surface area contributed by atoms with E-state index < -0.39 is 6.10 Å². The summed E-state index contributed by atoms with van der Waals surface area (Å²) in [6.07, 6.45) is 6.54. The zero-order valence-electron chi connectivity index (χ0n) is 20.9. The minimum Gasteiger partial charge on any atom is -0.389 e. The smallest absolute Gasteiger partial charge is 0.229 e. The van der Waals surface area contributed by atoms with Crippen molar-refractivity contribution in [1.82, 2.24) is 9.88 Å². The number of anilines is 1. The highest BCUT2D eigenvalue weighted by molar-refractivity contribution is 5.96. The van der Waals surface area contributed by atoms with Gasteiger partial charge in [0.05, 0.1) is 24.9 Å². The molecule has 1 spiro atoms. The number of ether oxygens (including phenoxy) is 2. The predicted molar refractivity (Wildman–Crippen MR) is 134 cm³/mol. The topological polar surface area (TPSA) is 83.9 Å². The number of aliphatic hydroxyl groups is 1. The summed E-state index contributed by atoms with van der Waals surface area (Å²) in [5.74, 6) is 1.33. The Morgan fingerprint density at radius 3 is 2.63 bits per heavy atom. The van der Waals surface area contributed by atoms with E-state index in [1.54, 1.807) is 0 Å². The Hall–Kier alpha value is -2.06. The average molecular weight is 480 g/mol. The second-order valence-corrected chi connectivity index (χ2v) is 11.5. The van der Waals surface area contributed by atoms with Gasteiger partial charge in [-0.2, -0.15) is 0 Å². The number of fused-ring (bicyclic) bond motifs is 1. The van der Waals surface area contributed by atoms with Gasteiger partial charge < -0.3 is 19.9 Å². The fourth-order valence-corrected chi connectivity index (χ4v) is 6.75. The van der Waals surface area contributed by atoms with Gasteiger partial charge in [-0.05, 0) is 99.0 Å².